The number of nitrogens with zero attached hydrogens (tertiary/aromatic N) is 7. The van der Waals surface area contributed by atoms with Crippen LogP contribution in [-0.2, 0) is 33.1 Å². The number of imidazole rings is 1. The molecular formula is C38H41Br2ClFN9O2. The molecule has 2 spiro atoms. The number of aromatic amines is 1. The van der Waals surface area contributed by atoms with E-state index in [9.17, 15) is 4.39 Å². The molecule has 0 bridgehead atoms. The number of anilines is 2. The Morgan fingerprint density at radius 2 is 1.55 bits per heavy atom. The SMILES string of the molecule is Brc1ccc2c(c1)CCC21CCOCC1.CN.Cc1nc(N2CC3(CCOCC3)c3ccc(Br)cc32)c2[nH]cnc2n1.Fc1nc(Cl)c2c(n1)CC=N2. The van der Waals surface area contributed by atoms with Crippen molar-refractivity contribution in [1.82, 2.24) is 29.9 Å². The Labute approximate surface area is 329 Å². The third kappa shape index (κ3) is 7.63. The van der Waals surface area contributed by atoms with Crippen LogP contribution < -0.4 is 10.6 Å². The van der Waals surface area contributed by atoms with Crippen molar-refractivity contribution < 1.29 is 13.9 Å². The Morgan fingerprint density at radius 3 is 2.28 bits per heavy atom. The number of nitrogens with two attached hydrogens (primary N) is 1. The molecule has 0 unspecified atom stereocenters. The van der Waals surface area contributed by atoms with Crippen molar-refractivity contribution in [2.75, 3.05) is 44.9 Å². The van der Waals surface area contributed by atoms with Crippen molar-refractivity contribution in [3.05, 3.63) is 91.1 Å². The van der Waals surface area contributed by atoms with Gasteiger partial charge in [0, 0.05) is 71.1 Å². The fraction of sp³-hybridized carbons (Fsp3) is 0.421. The molecule has 10 rings (SSSR count). The summed E-state index contributed by atoms with van der Waals surface area (Å²) in [5.41, 5.74) is 13.5. The van der Waals surface area contributed by atoms with Crippen molar-refractivity contribution in [3.63, 3.8) is 0 Å². The third-order valence-electron chi connectivity index (χ3n) is 10.7. The highest BCUT2D eigenvalue weighted by molar-refractivity contribution is 9.10. The van der Waals surface area contributed by atoms with Crippen LogP contribution >= 0.6 is 43.5 Å². The lowest BCUT2D eigenvalue weighted by atomic mass is 9.75. The van der Waals surface area contributed by atoms with Gasteiger partial charge in [0.1, 0.15) is 17.0 Å². The molecule has 0 amide bonds. The molecule has 278 valence electrons. The monoisotopic (exact) mass is 867 g/mol. The summed E-state index contributed by atoms with van der Waals surface area (Å²) >= 11 is 12.8. The molecule has 0 atom stereocenters. The van der Waals surface area contributed by atoms with E-state index in [4.69, 9.17) is 26.1 Å². The first-order valence-corrected chi connectivity index (χ1v) is 19.7. The number of fused-ring (bicyclic) bond motifs is 6. The van der Waals surface area contributed by atoms with Crippen molar-refractivity contribution >= 4 is 78.0 Å². The van der Waals surface area contributed by atoms with Gasteiger partial charge in [0.15, 0.2) is 16.6 Å². The quantitative estimate of drug-likeness (QED) is 0.126. The first kappa shape index (κ1) is 37.9. The van der Waals surface area contributed by atoms with Gasteiger partial charge >= 0.3 is 6.08 Å². The number of hydrogen-bond acceptors (Lipinski definition) is 10. The number of H-pyrrole nitrogens is 1. The Bertz CT molecular complexity index is 2140. The minimum Gasteiger partial charge on any atom is -0.381 e. The first-order chi connectivity index (χ1) is 25.7. The van der Waals surface area contributed by atoms with Gasteiger partial charge in [-0.25, -0.2) is 19.9 Å². The van der Waals surface area contributed by atoms with Crippen molar-refractivity contribution in [2.45, 2.75) is 62.7 Å². The Morgan fingerprint density at radius 1 is 0.868 bits per heavy atom. The largest absolute Gasteiger partial charge is 0.381 e. The van der Waals surface area contributed by atoms with Gasteiger partial charge in [-0.15, -0.1) is 0 Å². The minimum absolute atomic E-state index is 0.0845. The van der Waals surface area contributed by atoms with Gasteiger partial charge in [-0.1, -0.05) is 55.6 Å². The lowest BCUT2D eigenvalue weighted by Crippen LogP contribution is -2.37. The van der Waals surface area contributed by atoms with E-state index in [2.05, 4.69) is 109 Å². The van der Waals surface area contributed by atoms with Crippen LogP contribution in [0.4, 0.5) is 21.6 Å². The van der Waals surface area contributed by atoms with E-state index >= 15 is 0 Å². The van der Waals surface area contributed by atoms with E-state index in [-0.39, 0.29) is 10.6 Å². The zero-order chi connectivity index (χ0) is 37.2. The second-order valence-corrected chi connectivity index (χ2v) is 15.8. The average molecular weight is 870 g/mol. The van der Waals surface area contributed by atoms with Gasteiger partial charge in [-0.2, -0.15) is 9.37 Å². The van der Waals surface area contributed by atoms with E-state index in [1.807, 2.05) is 6.92 Å². The number of nitrogens with one attached hydrogen (secondary N) is 1. The molecule has 4 aliphatic heterocycles. The van der Waals surface area contributed by atoms with Gasteiger partial charge in [-0.05, 0) is 93.5 Å². The van der Waals surface area contributed by atoms with Crippen LogP contribution in [0.2, 0.25) is 5.15 Å². The molecular weight excluding hydrogens is 829 g/mol. The molecule has 2 fully saturated rings. The highest BCUT2D eigenvalue weighted by atomic mass is 79.9. The molecule has 3 aromatic heterocycles. The zero-order valence-corrected chi connectivity index (χ0v) is 33.6. The highest BCUT2D eigenvalue weighted by Crippen LogP contribution is 2.50. The number of ether oxygens (including phenoxy) is 2. The van der Waals surface area contributed by atoms with Gasteiger partial charge < -0.3 is 25.1 Å². The number of rotatable bonds is 1. The molecule has 15 heteroatoms. The molecule has 0 saturated carbocycles. The summed E-state index contributed by atoms with van der Waals surface area (Å²) in [6.45, 7) is 6.33. The smallest absolute Gasteiger partial charge is 0.310 e. The number of aliphatic imine (C=N–C) groups is 1. The maximum Gasteiger partial charge on any atom is 0.310 e. The average Bonchev–Trinajstić information content (AvgIpc) is 3.96. The molecule has 3 N–H and O–H groups in total. The maximum absolute atomic E-state index is 12.5. The zero-order valence-electron chi connectivity index (χ0n) is 29.6. The minimum atomic E-state index is -0.792. The van der Waals surface area contributed by atoms with Crippen molar-refractivity contribution in [3.8, 4) is 0 Å². The summed E-state index contributed by atoms with van der Waals surface area (Å²) in [5, 5.41) is 0.0845. The van der Waals surface area contributed by atoms with Gasteiger partial charge in [0.2, 0.25) is 0 Å². The van der Waals surface area contributed by atoms with Crippen LogP contribution in [0.5, 0.6) is 0 Å². The van der Waals surface area contributed by atoms with E-state index in [0.29, 0.717) is 28.9 Å². The fourth-order valence-electron chi connectivity index (χ4n) is 8.16. The number of halogens is 4. The summed E-state index contributed by atoms with van der Waals surface area (Å²) in [6.07, 6.45) is 10.1. The predicted molar refractivity (Wildman–Crippen MR) is 212 cm³/mol. The highest BCUT2D eigenvalue weighted by Gasteiger charge is 2.45. The van der Waals surface area contributed by atoms with Crippen LogP contribution in [0.25, 0.3) is 11.2 Å². The van der Waals surface area contributed by atoms with Crippen LogP contribution in [-0.4, -0.2) is 76.1 Å². The summed E-state index contributed by atoms with van der Waals surface area (Å²) in [6, 6.07) is 13.4. The second kappa shape index (κ2) is 16.1. The fourth-order valence-corrected chi connectivity index (χ4v) is 9.14. The first-order valence-electron chi connectivity index (χ1n) is 17.8. The van der Waals surface area contributed by atoms with E-state index < -0.39 is 6.08 Å². The molecule has 5 aromatic rings. The molecule has 5 aliphatic rings. The summed E-state index contributed by atoms with van der Waals surface area (Å²) < 4.78 is 25.9. The Balaban J connectivity index is 0.000000132. The normalized spacial score (nSPS) is 18.4. The summed E-state index contributed by atoms with van der Waals surface area (Å²) in [7, 11) is 1.50. The Kier molecular flexibility index (Phi) is 11.5. The molecule has 11 nitrogen and oxygen atoms in total. The lowest BCUT2D eigenvalue weighted by Gasteiger charge is -2.34. The van der Waals surface area contributed by atoms with Gasteiger partial charge in [-0.3, -0.25) is 4.99 Å². The topological polar surface area (TPSA) is 140 Å². The number of benzene rings is 2. The molecule has 2 aromatic carbocycles. The molecule has 53 heavy (non-hydrogen) atoms. The van der Waals surface area contributed by atoms with Crippen LogP contribution in [0.15, 0.2) is 56.7 Å². The molecule has 2 saturated heterocycles. The number of aryl methyl sites for hydroxylation is 2. The third-order valence-corrected chi connectivity index (χ3v) is 12.0. The lowest BCUT2D eigenvalue weighted by molar-refractivity contribution is 0.0506. The summed E-state index contributed by atoms with van der Waals surface area (Å²) in [5.74, 6) is 1.64. The number of hydrogen-bond donors (Lipinski definition) is 2. The maximum atomic E-state index is 12.5. The van der Waals surface area contributed by atoms with Crippen molar-refractivity contribution in [1.29, 1.82) is 0 Å². The van der Waals surface area contributed by atoms with Gasteiger partial charge in [0.25, 0.3) is 0 Å². The predicted octanol–water partition coefficient (Wildman–Crippen LogP) is 8.17. The van der Waals surface area contributed by atoms with Gasteiger partial charge in [0.05, 0.1) is 12.0 Å². The summed E-state index contributed by atoms with van der Waals surface area (Å²) in [4.78, 5) is 29.8. The van der Waals surface area contributed by atoms with Crippen molar-refractivity contribution in [2.24, 2.45) is 10.7 Å². The Hall–Kier alpha value is -3.40. The number of aromatic nitrogens is 6. The molecule has 1 aliphatic carbocycles. The molecule has 0 radical (unpaired) electrons. The van der Waals surface area contributed by atoms with Crippen LogP contribution in [0, 0.1) is 13.0 Å². The standard InChI is InChI=1S/C18H18BrN5O.C13H15BrO.C6H3ClFN3.CH5N/c1-11-22-16-15(20-10-21-16)17(23-11)24-9-18(4-6-25-7-5-18)13-3-2-12(19)8-14(13)24;14-11-1-2-12-10(9-11)3-4-13(12)5-7-15-8-6-13;7-5-4-3(1-2-9-4)10-6(8)11-5;1-2/h2-3,8,10H,4-7,9H2,1H3,(H,20,21,22,23);1-2,9H,3-8H2;2H,1H2;2H2,1H3. The van der Waals surface area contributed by atoms with E-state index in [1.54, 1.807) is 23.7 Å². The molecule has 7 heterocycles. The van der Waals surface area contributed by atoms with E-state index in [1.165, 1.54) is 48.5 Å². The van der Waals surface area contributed by atoms with Crippen LogP contribution in [0.1, 0.15) is 60.3 Å². The van der Waals surface area contributed by atoms with E-state index in [0.717, 1.165) is 67.4 Å². The van der Waals surface area contributed by atoms with Crippen LogP contribution in [0.3, 0.4) is 0 Å². The second-order valence-electron chi connectivity index (χ2n) is 13.6.